The largest absolute Gasteiger partial charge is 0.256 e. The third-order valence-electron chi connectivity index (χ3n) is 7.40. The zero-order valence-electron chi connectivity index (χ0n) is 18.3. The lowest BCUT2D eigenvalue weighted by Crippen LogP contribution is -2.40. The van der Waals surface area contributed by atoms with Gasteiger partial charge in [0.1, 0.15) is 0 Å². The van der Waals surface area contributed by atoms with Crippen molar-refractivity contribution in [1.29, 1.82) is 0 Å². The van der Waals surface area contributed by atoms with E-state index < -0.39 is 0 Å². The van der Waals surface area contributed by atoms with Crippen molar-refractivity contribution in [3.63, 3.8) is 0 Å². The van der Waals surface area contributed by atoms with Crippen LogP contribution in [0.3, 0.4) is 0 Å². The summed E-state index contributed by atoms with van der Waals surface area (Å²) in [4.78, 5) is 4.69. The van der Waals surface area contributed by atoms with Gasteiger partial charge in [-0.3, -0.25) is 4.98 Å². The highest BCUT2D eigenvalue weighted by atomic mass is 14.7. The molecule has 0 aliphatic heterocycles. The molecule has 4 rings (SSSR count). The Kier molecular flexibility index (Phi) is 5.34. The molecule has 1 nitrogen and oxygen atoms in total. The van der Waals surface area contributed by atoms with Gasteiger partial charge in [-0.05, 0) is 46.8 Å². The molecule has 1 heteroatoms. The van der Waals surface area contributed by atoms with E-state index in [4.69, 9.17) is 4.98 Å². The number of nitrogens with zero attached hydrogens (tertiary/aromatic N) is 1. The standard InChI is InChI=1S/C28H33N/c1-27(2,3)28(4)19-9-8-12-25(28)22-15-13-21(14-16-22)24-17-18-26(29-20-24)23-10-6-5-7-11-23/h5-7,10-11,13-18,20,25H,8-9,12,19H2,1-4H3. The van der Waals surface area contributed by atoms with E-state index in [1.807, 2.05) is 12.3 Å². The lowest BCUT2D eigenvalue weighted by atomic mass is 9.54. The van der Waals surface area contributed by atoms with Gasteiger partial charge in [-0.1, -0.05) is 101 Å². The first kappa shape index (κ1) is 19.9. The predicted octanol–water partition coefficient (Wildman–Crippen LogP) is 8.13. The van der Waals surface area contributed by atoms with Gasteiger partial charge in [0.05, 0.1) is 5.69 Å². The van der Waals surface area contributed by atoms with Gasteiger partial charge in [-0.15, -0.1) is 0 Å². The van der Waals surface area contributed by atoms with Crippen LogP contribution in [0.4, 0.5) is 0 Å². The number of benzene rings is 2. The lowest BCUT2D eigenvalue weighted by Gasteiger charge is -2.51. The van der Waals surface area contributed by atoms with Crippen LogP contribution in [-0.4, -0.2) is 4.98 Å². The van der Waals surface area contributed by atoms with Crippen LogP contribution in [0.25, 0.3) is 22.4 Å². The Bertz CT molecular complexity index is 932. The third kappa shape index (κ3) is 3.88. The summed E-state index contributed by atoms with van der Waals surface area (Å²) >= 11 is 0. The summed E-state index contributed by atoms with van der Waals surface area (Å²) < 4.78 is 0. The summed E-state index contributed by atoms with van der Waals surface area (Å²) in [5.41, 5.74) is 6.77. The second kappa shape index (κ2) is 7.78. The zero-order chi connectivity index (χ0) is 20.5. The first-order chi connectivity index (χ1) is 13.9. The van der Waals surface area contributed by atoms with Gasteiger partial charge in [0, 0.05) is 17.3 Å². The van der Waals surface area contributed by atoms with Gasteiger partial charge < -0.3 is 0 Å². The van der Waals surface area contributed by atoms with Crippen molar-refractivity contribution in [2.45, 2.75) is 59.3 Å². The van der Waals surface area contributed by atoms with Crippen molar-refractivity contribution in [1.82, 2.24) is 4.98 Å². The van der Waals surface area contributed by atoms with Crippen LogP contribution in [0.15, 0.2) is 72.9 Å². The molecular formula is C28H33N. The van der Waals surface area contributed by atoms with E-state index in [0.29, 0.717) is 16.7 Å². The molecule has 1 heterocycles. The SMILES string of the molecule is CC(C)(C)C1(C)CCCCC1c1ccc(-c2ccc(-c3ccccc3)nc2)cc1. The fourth-order valence-electron chi connectivity index (χ4n) is 5.02. The Hall–Kier alpha value is -2.41. The number of rotatable bonds is 3. The Balaban J connectivity index is 1.58. The van der Waals surface area contributed by atoms with E-state index in [9.17, 15) is 0 Å². The van der Waals surface area contributed by atoms with Crippen LogP contribution in [0.2, 0.25) is 0 Å². The van der Waals surface area contributed by atoms with E-state index in [1.165, 1.54) is 42.4 Å². The van der Waals surface area contributed by atoms with E-state index in [-0.39, 0.29) is 0 Å². The molecule has 0 amide bonds. The molecule has 1 aromatic heterocycles. The highest BCUT2D eigenvalue weighted by Crippen LogP contribution is 2.56. The Labute approximate surface area is 176 Å². The molecule has 1 aliphatic rings. The molecule has 0 spiro atoms. The van der Waals surface area contributed by atoms with Gasteiger partial charge in [0.2, 0.25) is 0 Å². The van der Waals surface area contributed by atoms with Gasteiger partial charge in [-0.25, -0.2) is 0 Å². The fourth-order valence-corrected chi connectivity index (χ4v) is 5.02. The Morgan fingerprint density at radius 1 is 0.793 bits per heavy atom. The first-order valence-electron chi connectivity index (χ1n) is 11.0. The highest BCUT2D eigenvalue weighted by molar-refractivity contribution is 5.67. The van der Waals surface area contributed by atoms with Crippen LogP contribution in [0.1, 0.15) is 64.9 Å². The molecule has 150 valence electrons. The molecular weight excluding hydrogens is 350 g/mol. The average Bonchev–Trinajstić information content (AvgIpc) is 2.74. The van der Waals surface area contributed by atoms with Crippen molar-refractivity contribution in [3.8, 4) is 22.4 Å². The van der Waals surface area contributed by atoms with Crippen molar-refractivity contribution in [2.75, 3.05) is 0 Å². The van der Waals surface area contributed by atoms with Crippen LogP contribution < -0.4 is 0 Å². The quantitative estimate of drug-likeness (QED) is 0.445. The van der Waals surface area contributed by atoms with E-state index in [0.717, 1.165) is 11.3 Å². The molecule has 0 radical (unpaired) electrons. The topological polar surface area (TPSA) is 12.9 Å². The summed E-state index contributed by atoms with van der Waals surface area (Å²) in [5, 5.41) is 0. The maximum absolute atomic E-state index is 4.69. The molecule has 0 bridgehead atoms. The summed E-state index contributed by atoms with van der Waals surface area (Å²) in [6.45, 7) is 9.76. The maximum Gasteiger partial charge on any atom is 0.0702 e. The van der Waals surface area contributed by atoms with Gasteiger partial charge in [0.25, 0.3) is 0 Å². The molecule has 0 N–H and O–H groups in total. The van der Waals surface area contributed by atoms with E-state index in [1.54, 1.807) is 0 Å². The molecule has 2 aromatic carbocycles. The van der Waals surface area contributed by atoms with E-state index >= 15 is 0 Å². The second-order valence-electron chi connectivity index (χ2n) is 9.89. The smallest absolute Gasteiger partial charge is 0.0702 e. The minimum atomic E-state index is 0.313. The average molecular weight is 384 g/mol. The van der Waals surface area contributed by atoms with Crippen molar-refractivity contribution in [3.05, 3.63) is 78.5 Å². The normalized spacial score (nSPS) is 22.4. The van der Waals surface area contributed by atoms with Gasteiger partial charge in [-0.2, -0.15) is 0 Å². The van der Waals surface area contributed by atoms with Crippen molar-refractivity contribution >= 4 is 0 Å². The minimum Gasteiger partial charge on any atom is -0.256 e. The van der Waals surface area contributed by atoms with E-state index in [2.05, 4.69) is 88.4 Å². The summed E-state index contributed by atoms with van der Waals surface area (Å²) in [6.07, 6.45) is 7.34. The minimum absolute atomic E-state index is 0.313. The number of hydrogen-bond donors (Lipinski definition) is 0. The number of pyridine rings is 1. The maximum atomic E-state index is 4.69. The Morgan fingerprint density at radius 2 is 1.48 bits per heavy atom. The highest BCUT2D eigenvalue weighted by Gasteiger charge is 2.45. The molecule has 1 fully saturated rings. The summed E-state index contributed by atoms with van der Waals surface area (Å²) in [6, 6.07) is 24.0. The number of aromatic nitrogens is 1. The van der Waals surface area contributed by atoms with Gasteiger partial charge in [0.15, 0.2) is 0 Å². The van der Waals surface area contributed by atoms with Crippen LogP contribution in [0.5, 0.6) is 0 Å². The first-order valence-corrected chi connectivity index (χ1v) is 11.0. The zero-order valence-corrected chi connectivity index (χ0v) is 18.3. The summed E-state index contributed by atoms with van der Waals surface area (Å²) in [7, 11) is 0. The second-order valence-corrected chi connectivity index (χ2v) is 9.89. The van der Waals surface area contributed by atoms with Crippen LogP contribution >= 0.6 is 0 Å². The molecule has 2 unspecified atom stereocenters. The monoisotopic (exact) mass is 383 g/mol. The Morgan fingerprint density at radius 3 is 2.10 bits per heavy atom. The lowest BCUT2D eigenvalue weighted by molar-refractivity contribution is 0.0341. The molecule has 29 heavy (non-hydrogen) atoms. The molecule has 0 saturated heterocycles. The molecule has 3 aromatic rings. The molecule has 1 aliphatic carbocycles. The fraction of sp³-hybridized carbons (Fsp3) is 0.393. The third-order valence-corrected chi connectivity index (χ3v) is 7.40. The van der Waals surface area contributed by atoms with Gasteiger partial charge >= 0.3 is 0 Å². The van der Waals surface area contributed by atoms with Crippen LogP contribution in [0, 0.1) is 10.8 Å². The molecule has 1 saturated carbocycles. The van der Waals surface area contributed by atoms with Crippen molar-refractivity contribution < 1.29 is 0 Å². The van der Waals surface area contributed by atoms with Crippen molar-refractivity contribution in [2.24, 2.45) is 10.8 Å². The molecule has 2 atom stereocenters. The summed E-state index contributed by atoms with van der Waals surface area (Å²) in [5.74, 6) is 0.642. The van der Waals surface area contributed by atoms with Crippen LogP contribution in [-0.2, 0) is 0 Å². The number of hydrogen-bond acceptors (Lipinski definition) is 1. The predicted molar refractivity (Wildman–Crippen MR) is 124 cm³/mol.